The molecule has 1 fully saturated rings. The van der Waals surface area contributed by atoms with Crippen molar-refractivity contribution in [1.29, 1.82) is 0 Å². The molecule has 2 atom stereocenters. The lowest BCUT2D eigenvalue weighted by Crippen LogP contribution is -2.45. The van der Waals surface area contributed by atoms with Gasteiger partial charge in [-0.2, -0.15) is 0 Å². The zero-order valence-corrected chi connectivity index (χ0v) is 12.9. The van der Waals surface area contributed by atoms with Crippen molar-refractivity contribution in [2.75, 3.05) is 13.1 Å². The van der Waals surface area contributed by atoms with Crippen LogP contribution in [0, 0.1) is 12.3 Å². The summed E-state index contributed by atoms with van der Waals surface area (Å²) in [6.45, 7) is 11.4. The van der Waals surface area contributed by atoms with Crippen LogP contribution >= 0.6 is 11.3 Å². The van der Waals surface area contributed by atoms with Crippen molar-refractivity contribution in [2.45, 2.75) is 52.6 Å². The van der Waals surface area contributed by atoms with E-state index in [4.69, 9.17) is 5.73 Å². The Morgan fingerprint density at radius 2 is 1.89 bits per heavy atom. The van der Waals surface area contributed by atoms with Crippen LogP contribution in [-0.4, -0.2) is 24.0 Å². The van der Waals surface area contributed by atoms with E-state index in [-0.39, 0.29) is 6.04 Å². The number of nitrogens with two attached hydrogens (primary N) is 1. The molecule has 0 amide bonds. The number of nitrogens with zero attached hydrogens (tertiary/aromatic N) is 1. The Hall–Kier alpha value is -0.380. The number of aryl methyl sites for hydroxylation is 1. The van der Waals surface area contributed by atoms with E-state index in [1.165, 1.54) is 35.7 Å². The van der Waals surface area contributed by atoms with E-state index in [9.17, 15) is 0 Å². The van der Waals surface area contributed by atoms with Crippen LogP contribution in [0.3, 0.4) is 0 Å². The van der Waals surface area contributed by atoms with Crippen molar-refractivity contribution in [3.8, 4) is 0 Å². The molecule has 2 nitrogen and oxygen atoms in total. The SMILES string of the molecule is Cc1ccc(C(C(C)N)N2CCC(C)(C)CC2)s1. The second-order valence-corrected chi connectivity index (χ2v) is 7.77. The quantitative estimate of drug-likeness (QED) is 0.906. The summed E-state index contributed by atoms with van der Waals surface area (Å²) < 4.78 is 0. The highest BCUT2D eigenvalue weighted by Gasteiger charge is 2.32. The van der Waals surface area contributed by atoms with E-state index in [1.54, 1.807) is 0 Å². The summed E-state index contributed by atoms with van der Waals surface area (Å²) in [4.78, 5) is 5.40. The van der Waals surface area contributed by atoms with E-state index >= 15 is 0 Å². The average Bonchev–Trinajstić information content (AvgIpc) is 2.67. The Kier molecular flexibility index (Phi) is 4.15. The highest BCUT2D eigenvalue weighted by Crippen LogP contribution is 2.36. The lowest BCUT2D eigenvalue weighted by Gasteiger charge is -2.42. The predicted molar refractivity (Wildman–Crippen MR) is 80.0 cm³/mol. The molecule has 0 radical (unpaired) electrons. The van der Waals surface area contributed by atoms with Crippen LogP contribution in [0.1, 0.15) is 49.4 Å². The van der Waals surface area contributed by atoms with Gasteiger partial charge in [0.15, 0.2) is 0 Å². The Morgan fingerprint density at radius 1 is 1.28 bits per heavy atom. The maximum absolute atomic E-state index is 6.24. The van der Waals surface area contributed by atoms with E-state index < -0.39 is 0 Å². The minimum atomic E-state index is 0.198. The van der Waals surface area contributed by atoms with Crippen LogP contribution in [0.2, 0.25) is 0 Å². The van der Waals surface area contributed by atoms with Gasteiger partial charge in [-0.15, -0.1) is 11.3 Å². The maximum atomic E-state index is 6.24. The number of hydrogen-bond acceptors (Lipinski definition) is 3. The Balaban J connectivity index is 2.12. The van der Waals surface area contributed by atoms with Gasteiger partial charge in [0.05, 0.1) is 6.04 Å². The molecule has 2 rings (SSSR count). The molecule has 0 spiro atoms. The Morgan fingerprint density at radius 3 is 2.33 bits per heavy atom. The fourth-order valence-electron chi connectivity index (χ4n) is 2.79. The van der Waals surface area contributed by atoms with Gasteiger partial charge in [-0.1, -0.05) is 13.8 Å². The van der Waals surface area contributed by atoms with E-state index in [2.05, 4.69) is 44.7 Å². The summed E-state index contributed by atoms with van der Waals surface area (Å²) in [6, 6.07) is 5.07. The molecule has 1 aliphatic rings. The third kappa shape index (κ3) is 3.14. The topological polar surface area (TPSA) is 29.3 Å². The van der Waals surface area contributed by atoms with Gasteiger partial charge in [0.1, 0.15) is 0 Å². The van der Waals surface area contributed by atoms with Gasteiger partial charge < -0.3 is 5.73 Å². The van der Waals surface area contributed by atoms with E-state index in [1.807, 2.05) is 11.3 Å². The van der Waals surface area contributed by atoms with Gasteiger partial charge in [-0.25, -0.2) is 0 Å². The first-order valence-corrected chi connectivity index (χ1v) is 7.77. The molecule has 3 heteroatoms. The summed E-state index contributed by atoms with van der Waals surface area (Å²) in [5.41, 5.74) is 6.75. The minimum absolute atomic E-state index is 0.198. The highest BCUT2D eigenvalue weighted by atomic mass is 32.1. The first-order chi connectivity index (χ1) is 8.39. The molecule has 2 N–H and O–H groups in total. The van der Waals surface area contributed by atoms with Gasteiger partial charge in [0, 0.05) is 15.8 Å². The van der Waals surface area contributed by atoms with E-state index in [0.717, 1.165) is 0 Å². The number of rotatable bonds is 3. The fraction of sp³-hybridized carbons (Fsp3) is 0.733. The molecule has 18 heavy (non-hydrogen) atoms. The first kappa shape index (κ1) is 14.0. The van der Waals surface area contributed by atoms with Gasteiger partial charge >= 0.3 is 0 Å². The molecule has 1 aliphatic heterocycles. The average molecular weight is 266 g/mol. The molecular formula is C15H26N2S. The van der Waals surface area contributed by atoms with Gasteiger partial charge in [-0.05, 0) is 57.3 Å². The van der Waals surface area contributed by atoms with Crippen LogP contribution in [0.4, 0.5) is 0 Å². The Bertz CT molecular complexity index is 385. The largest absolute Gasteiger partial charge is 0.326 e. The fourth-order valence-corrected chi connectivity index (χ4v) is 3.92. The lowest BCUT2D eigenvalue weighted by atomic mass is 9.82. The molecule has 0 aliphatic carbocycles. The number of thiophene rings is 1. The van der Waals surface area contributed by atoms with Crippen molar-refractivity contribution in [3.05, 3.63) is 21.9 Å². The standard InChI is InChI=1S/C15H26N2S/c1-11-5-6-13(18-11)14(12(2)16)17-9-7-15(3,4)8-10-17/h5-6,12,14H,7-10,16H2,1-4H3. The zero-order valence-electron chi connectivity index (χ0n) is 12.1. The molecule has 0 saturated carbocycles. The summed E-state index contributed by atoms with van der Waals surface area (Å²) in [5.74, 6) is 0. The Labute approximate surface area is 115 Å². The zero-order chi connectivity index (χ0) is 13.3. The molecule has 0 bridgehead atoms. The third-order valence-corrected chi connectivity index (χ3v) is 5.17. The predicted octanol–water partition coefficient (Wildman–Crippen LogP) is 3.57. The first-order valence-electron chi connectivity index (χ1n) is 6.95. The van der Waals surface area contributed by atoms with E-state index in [0.29, 0.717) is 11.5 Å². The summed E-state index contributed by atoms with van der Waals surface area (Å²) in [6.07, 6.45) is 2.56. The summed E-state index contributed by atoms with van der Waals surface area (Å²) in [5, 5.41) is 0. The van der Waals surface area contributed by atoms with Crippen LogP contribution in [0.15, 0.2) is 12.1 Å². The molecule has 0 aromatic carbocycles. The number of hydrogen-bond donors (Lipinski definition) is 1. The van der Waals surface area contributed by atoms with Crippen LogP contribution in [0.5, 0.6) is 0 Å². The summed E-state index contributed by atoms with van der Waals surface area (Å²) >= 11 is 1.90. The smallest absolute Gasteiger partial charge is 0.0590 e. The van der Waals surface area contributed by atoms with Crippen molar-refractivity contribution in [3.63, 3.8) is 0 Å². The normalized spacial score (nSPS) is 23.8. The van der Waals surface area contributed by atoms with Gasteiger partial charge in [0.2, 0.25) is 0 Å². The summed E-state index contributed by atoms with van der Waals surface area (Å²) in [7, 11) is 0. The lowest BCUT2D eigenvalue weighted by molar-refractivity contribution is 0.0857. The molecular weight excluding hydrogens is 240 g/mol. The van der Waals surface area contributed by atoms with Crippen molar-refractivity contribution < 1.29 is 0 Å². The van der Waals surface area contributed by atoms with Crippen LogP contribution < -0.4 is 5.73 Å². The number of likely N-dealkylation sites (tertiary alicyclic amines) is 1. The molecule has 1 aromatic rings. The van der Waals surface area contributed by atoms with Crippen molar-refractivity contribution >= 4 is 11.3 Å². The van der Waals surface area contributed by atoms with Crippen molar-refractivity contribution in [1.82, 2.24) is 4.90 Å². The molecule has 1 aromatic heterocycles. The molecule has 2 unspecified atom stereocenters. The molecule has 2 heterocycles. The van der Waals surface area contributed by atoms with Gasteiger partial charge in [0.25, 0.3) is 0 Å². The molecule has 1 saturated heterocycles. The second kappa shape index (κ2) is 5.32. The van der Waals surface area contributed by atoms with Crippen molar-refractivity contribution in [2.24, 2.45) is 11.1 Å². The van der Waals surface area contributed by atoms with Crippen LogP contribution in [0.25, 0.3) is 0 Å². The van der Waals surface area contributed by atoms with Crippen LogP contribution in [-0.2, 0) is 0 Å². The highest BCUT2D eigenvalue weighted by molar-refractivity contribution is 7.12. The second-order valence-electron chi connectivity index (χ2n) is 6.45. The number of piperidine rings is 1. The maximum Gasteiger partial charge on any atom is 0.0590 e. The van der Waals surface area contributed by atoms with Gasteiger partial charge in [-0.3, -0.25) is 4.90 Å². The molecule has 102 valence electrons. The minimum Gasteiger partial charge on any atom is -0.326 e. The monoisotopic (exact) mass is 266 g/mol. The third-order valence-electron chi connectivity index (χ3n) is 4.10.